The number of benzene rings is 5. The van der Waals surface area contributed by atoms with Crippen molar-refractivity contribution in [2.75, 3.05) is 0 Å². The minimum atomic E-state index is -0.353. The van der Waals surface area contributed by atoms with E-state index in [0.717, 1.165) is 45.2 Å². The zero-order chi connectivity index (χ0) is 35.6. The number of aromatic hydroxyl groups is 1. The van der Waals surface area contributed by atoms with E-state index in [2.05, 4.69) is 116 Å². The van der Waals surface area contributed by atoms with Crippen LogP contribution in [0.15, 0.2) is 119 Å². The Balaban J connectivity index is 0.000000140. The monoisotopic (exact) mass is 757 g/mol. The Morgan fingerprint density at radius 2 is 1.20 bits per heavy atom. The van der Waals surface area contributed by atoms with E-state index in [4.69, 9.17) is 3.50 Å². The van der Waals surface area contributed by atoms with E-state index in [-0.39, 0.29) is 23.3 Å². The molecule has 10 rings (SSSR count). The van der Waals surface area contributed by atoms with Crippen LogP contribution in [0.2, 0.25) is 0 Å². The van der Waals surface area contributed by atoms with Gasteiger partial charge in [-0.05, 0) is 70.6 Å². The average molecular weight is 756 g/mol. The van der Waals surface area contributed by atoms with Gasteiger partial charge in [0.2, 0.25) is 0 Å². The second-order valence-electron chi connectivity index (χ2n) is 15.9. The molecule has 0 aliphatic heterocycles. The van der Waals surface area contributed by atoms with Crippen molar-refractivity contribution in [3.63, 3.8) is 0 Å². The van der Waals surface area contributed by atoms with Gasteiger partial charge in [0.15, 0.2) is 0 Å². The van der Waals surface area contributed by atoms with Crippen LogP contribution in [0, 0.1) is 38.5 Å². The van der Waals surface area contributed by atoms with Crippen LogP contribution in [0.4, 0.5) is 0 Å². The van der Waals surface area contributed by atoms with E-state index in [1.807, 2.05) is 31.2 Å². The summed E-state index contributed by atoms with van der Waals surface area (Å²) in [4.78, 5) is 3.72. The van der Waals surface area contributed by atoms with Crippen molar-refractivity contribution < 1.29 is 23.0 Å². The summed E-state index contributed by atoms with van der Waals surface area (Å²) in [5, 5.41) is 15.6. The molecule has 0 radical (unpaired) electrons. The zero-order valence-electron chi connectivity index (χ0n) is 30.8. The summed E-state index contributed by atoms with van der Waals surface area (Å²) in [6.07, 6.45) is 12.3. The van der Waals surface area contributed by atoms with E-state index >= 15 is 0 Å². The first-order valence-corrected chi connectivity index (χ1v) is 20.7. The second kappa shape index (κ2) is 15.0. The van der Waals surface area contributed by atoms with Crippen molar-refractivity contribution in [3.8, 4) is 16.9 Å². The van der Waals surface area contributed by atoms with E-state index in [1.165, 1.54) is 66.0 Å². The second-order valence-corrected chi connectivity index (χ2v) is 17.5. The van der Waals surface area contributed by atoms with Crippen LogP contribution in [0.3, 0.4) is 0 Å². The molecule has 51 heavy (non-hydrogen) atoms. The van der Waals surface area contributed by atoms with Crippen LogP contribution in [0.1, 0.15) is 74.6 Å². The van der Waals surface area contributed by atoms with Crippen molar-refractivity contribution in [3.05, 3.63) is 138 Å². The molecule has 1 N–H and O–H groups in total. The van der Waals surface area contributed by atoms with Gasteiger partial charge in [-0.25, -0.2) is 0 Å². The van der Waals surface area contributed by atoms with Crippen molar-refractivity contribution in [2.24, 2.45) is 21.2 Å². The quantitative estimate of drug-likeness (QED) is 0.182. The van der Waals surface area contributed by atoms with Gasteiger partial charge in [0.05, 0.1) is 0 Å². The Kier molecular flexibility index (Phi) is 10.4. The molecule has 4 saturated carbocycles. The molecule has 4 fully saturated rings. The molecule has 0 amide bonds. The molecule has 4 aliphatic carbocycles. The fourth-order valence-corrected chi connectivity index (χ4v) is 11.5. The van der Waals surface area contributed by atoms with Gasteiger partial charge in [-0.1, -0.05) is 66.7 Å². The number of fused-ring (bicyclic) bond motifs is 2. The van der Waals surface area contributed by atoms with Gasteiger partial charge in [-0.15, -0.1) is 0 Å². The molecule has 4 bridgehead atoms. The van der Waals surface area contributed by atoms with Gasteiger partial charge in [0, 0.05) is 5.56 Å². The number of hydrogen-bond acceptors (Lipinski definition) is 2. The summed E-state index contributed by atoms with van der Waals surface area (Å²) in [6.45, 7) is 11.0. The van der Waals surface area contributed by atoms with Crippen LogP contribution in [0.25, 0.3) is 32.7 Å². The number of hydrogen-bond donors (Lipinski definition) is 1. The van der Waals surface area contributed by atoms with Crippen LogP contribution >= 0.6 is 0 Å². The summed E-state index contributed by atoms with van der Waals surface area (Å²) in [5.74, 6) is 3.44. The van der Waals surface area contributed by atoms with Crippen molar-refractivity contribution >= 4 is 25.9 Å². The Morgan fingerprint density at radius 1 is 0.686 bits per heavy atom. The van der Waals surface area contributed by atoms with E-state index in [9.17, 15) is 5.11 Å². The molecular weight excluding hydrogens is 704 g/mol. The first-order chi connectivity index (χ1) is 24.6. The van der Waals surface area contributed by atoms with Gasteiger partial charge in [-0.2, -0.15) is 12.4 Å². The fourth-order valence-electron chi connectivity index (χ4n) is 9.27. The van der Waals surface area contributed by atoms with Crippen LogP contribution in [-0.2, 0) is 23.3 Å². The first kappa shape index (κ1) is 35.5. The normalized spacial score (nSPS) is 21.7. The van der Waals surface area contributed by atoms with Gasteiger partial charge in [0.1, 0.15) is 5.75 Å². The number of phenols is 1. The molecule has 3 nitrogen and oxygen atoms in total. The predicted molar refractivity (Wildman–Crippen MR) is 211 cm³/mol. The molecule has 0 atom stereocenters. The molecule has 0 spiro atoms. The third-order valence-electron chi connectivity index (χ3n) is 11.6. The maximum atomic E-state index is 10.9. The summed E-state index contributed by atoms with van der Waals surface area (Å²) in [5.41, 5.74) is 7.49. The Morgan fingerprint density at radius 3 is 1.75 bits per heavy atom. The molecular formula is C47H51MoN2O-. The van der Waals surface area contributed by atoms with Crippen molar-refractivity contribution in [1.29, 1.82) is 0 Å². The molecule has 5 aromatic carbocycles. The molecule has 4 heteroatoms. The van der Waals surface area contributed by atoms with Gasteiger partial charge < -0.3 is 10.1 Å². The Hall–Kier alpha value is -3.94. The maximum Gasteiger partial charge on any atom is 0.126 e. The van der Waals surface area contributed by atoms with E-state index in [0.29, 0.717) is 11.3 Å². The van der Waals surface area contributed by atoms with E-state index < -0.39 is 0 Å². The summed E-state index contributed by atoms with van der Waals surface area (Å²) in [6, 6.07) is 35.7. The van der Waals surface area contributed by atoms with Crippen molar-refractivity contribution in [2.45, 2.75) is 84.1 Å². The average Bonchev–Trinajstić information content (AvgIpc) is 3.71. The number of rotatable bonds is 4. The number of phenolic OH excluding ortho intramolecular Hbond substituents is 1. The largest absolute Gasteiger partial charge is 0.670 e. The molecule has 1 aromatic heterocycles. The van der Waals surface area contributed by atoms with E-state index in [1.54, 1.807) is 12.4 Å². The van der Waals surface area contributed by atoms with Gasteiger partial charge in [-0.3, -0.25) is 0 Å². The third-order valence-corrected chi connectivity index (χ3v) is 14.5. The van der Waals surface area contributed by atoms with Crippen LogP contribution in [-0.4, -0.2) is 15.0 Å². The summed E-state index contributed by atoms with van der Waals surface area (Å²) in [7, 11) is 0. The molecule has 6 aromatic rings. The first-order valence-electron chi connectivity index (χ1n) is 18.6. The minimum absolute atomic E-state index is 0.176. The van der Waals surface area contributed by atoms with Crippen LogP contribution in [0.5, 0.6) is 5.75 Å². The molecule has 0 unspecified atom stereocenters. The third kappa shape index (κ3) is 7.66. The number of nitrogens with zero attached hydrogens (tertiary/aromatic N) is 2. The topological polar surface area (TPSA) is 46.7 Å². The standard InChI is InChI=1S/C23H20O.C10H15N.C10H12.C4H4N.Mo/c1-14-12-17-8-4-6-10-19(17)21(16(14)3)22-20-11-7-5-9-18(20)13-15(2)23(22)24;11-10-4-7-1-8(5-10)3-9(2-7)6-10;1-10(2,3)9-7-5-4-6-8-9;1-2-4-5-3-1;/h4-13,24H,1-3H3;7-9H,1-6H2;1,4-8H,2-3H3;1-4H;/q;;;-1;. The zero-order valence-corrected chi connectivity index (χ0v) is 32.8. The van der Waals surface area contributed by atoms with Gasteiger partial charge in [0.25, 0.3) is 0 Å². The van der Waals surface area contributed by atoms with Gasteiger partial charge >= 0.3 is 143 Å². The molecule has 4 aliphatic rings. The maximum absolute atomic E-state index is 10.9. The molecule has 1 heterocycles. The predicted octanol–water partition coefficient (Wildman–Crippen LogP) is 11.9. The Labute approximate surface area is 312 Å². The summed E-state index contributed by atoms with van der Waals surface area (Å²) >= 11 is -0.353. The number of aryl methyl sites for hydroxylation is 2. The fraction of sp³-hybridized carbons (Fsp3) is 0.340. The molecule has 262 valence electrons. The SMILES string of the molecule is CC(C)([CH]=[Mo]=[N]C12CC3CC(CC(C3)C1)C2)c1ccccc1.Cc1cc2ccccc2c(-c2c(O)c(C)cc3ccccc23)c1C.c1cc[n-]c1. The smallest absolute Gasteiger partial charge is 0.126 e. The van der Waals surface area contributed by atoms with Crippen LogP contribution < -0.4 is 4.98 Å². The minimum Gasteiger partial charge on any atom is -0.670 e. The van der Waals surface area contributed by atoms with Crippen molar-refractivity contribution in [1.82, 2.24) is 4.98 Å². The number of aromatic nitrogens is 1. The summed E-state index contributed by atoms with van der Waals surface area (Å²) < 4.78 is 7.96. The Bertz CT molecular complexity index is 2050. The molecule has 0 saturated heterocycles.